The topological polar surface area (TPSA) is 263 Å². The first-order valence-electron chi connectivity index (χ1n) is 31.6. The van der Waals surface area contributed by atoms with Gasteiger partial charge in [0.2, 0.25) is 11.8 Å². The fourth-order valence-electron chi connectivity index (χ4n) is 10.1. The van der Waals surface area contributed by atoms with Crippen molar-refractivity contribution in [3.05, 3.63) is 126 Å². The van der Waals surface area contributed by atoms with Gasteiger partial charge in [-0.05, 0) is 120 Å². The average molecular weight is 1200 g/mol. The third-order valence-electron chi connectivity index (χ3n) is 15.6. The Balaban J connectivity index is 1.72. The van der Waals surface area contributed by atoms with E-state index < -0.39 is 34.0 Å². The number of aromatic nitrogens is 2. The summed E-state index contributed by atoms with van der Waals surface area (Å²) in [6, 6.07) is 18.7. The van der Waals surface area contributed by atoms with Gasteiger partial charge in [0.25, 0.3) is 34.7 Å². The monoisotopic (exact) mass is 1200 g/mol. The number of hydrogen-bond donors (Lipinski definition) is 2. The van der Waals surface area contributed by atoms with E-state index in [0.717, 1.165) is 112 Å². The highest BCUT2D eigenvalue weighted by molar-refractivity contribution is 6.03. The molecule has 0 aliphatic carbocycles. The van der Waals surface area contributed by atoms with E-state index in [2.05, 4.69) is 20.5 Å². The fraction of sp³-hybridized carbons (Fsp3) is 0.500. The first-order valence-corrected chi connectivity index (χ1v) is 31.6. The summed E-state index contributed by atoms with van der Waals surface area (Å²) in [6.45, 7) is 23.2. The van der Waals surface area contributed by atoms with Gasteiger partial charge >= 0.3 is 0 Å². The summed E-state index contributed by atoms with van der Waals surface area (Å²) in [4.78, 5) is 93.3. The molecule has 2 heterocycles. The summed E-state index contributed by atoms with van der Waals surface area (Å²) >= 11 is 0. The quantitative estimate of drug-likeness (QED) is 0.0368. The molecule has 4 amide bonds. The second-order valence-corrected chi connectivity index (χ2v) is 22.2. The number of unbranched alkanes of at least 4 members (excludes halogenated alkanes) is 8. The molecule has 0 fully saturated rings. The van der Waals surface area contributed by atoms with Crippen LogP contribution in [0.2, 0.25) is 0 Å². The van der Waals surface area contributed by atoms with Crippen LogP contribution in [0.25, 0.3) is 11.4 Å². The van der Waals surface area contributed by atoms with Crippen LogP contribution in [0.4, 0.5) is 22.7 Å². The lowest BCUT2D eigenvalue weighted by molar-refractivity contribution is 0.0739. The Morgan fingerprint density at radius 1 is 0.432 bits per heavy atom. The van der Waals surface area contributed by atoms with Gasteiger partial charge in [-0.15, -0.1) is 20.5 Å². The molecule has 5 rings (SSSR count). The van der Waals surface area contributed by atoms with Crippen LogP contribution in [0.3, 0.4) is 0 Å². The number of carbonyl (C=O) groups excluding carboxylic acids is 4. The van der Waals surface area contributed by atoms with Crippen molar-refractivity contribution in [2.75, 3.05) is 52.4 Å². The maximum Gasteiger partial charge on any atom is 0.276 e. The van der Waals surface area contributed by atoms with E-state index in [1.807, 2.05) is 67.5 Å². The molecule has 0 bridgehead atoms. The van der Waals surface area contributed by atoms with E-state index in [4.69, 9.17) is 0 Å². The Morgan fingerprint density at radius 2 is 0.716 bits per heavy atom. The van der Waals surface area contributed by atoms with Crippen molar-refractivity contribution in [2.24, 2.45) is 20.5 Å². The predicted molar refractivity (Wildman–Crippen MR) is 344 cm³/mol. The molecule has 0 saturated heterocycles. The van der Waals surface area contributed by atoms with Gasteiger partial charge in [-0.1, -0.05) is 113 Å². The average Bonchev–Trinajstić information content (AvgIpc) is 2.77. The van der Waals surface area contributed by atoms with Crippen LogP contribution < -0.4 is 11.1 Å². The molecule has 88 heavy (non-hydrogen) atoms. The van der Waals surface area contributed by atoms with E-state index in [9.17, 15) is 49.5 Å². The number of aromatic hydroxyl groups is 2. The zero-order chi connectivity index (χ0) is 64.5. The minimum atomic E-state index is -0.973. The van der Waals surface area contributed by atoms with Crippen molar-refractivity contribution in [2.45, 2.75) is 172 Å². The van der Waals surface area contributed by atoms with Crippen LogP contribution >= 0.6 is 0 Å². The second-order valence-electron chi connectivity index (χ2n) is 22.2. The van der Waals surface area contributed by atoms with Crippen molar-refractivity contribution < 1.29 is 29.4 Å². The van der Waals surface area contributed by atoms with Crippen LogP contribution in [-0.2, 0) is 0 Å². The van der Waals surface area contributed by atoms with Crippen LogP contribution in [0.15, 0.2) is 90.7 Å². The van der Waals surface area contributed by atoms with E-state index in [0.29, 0.717) is 52.4 Å². The number of carbonyl (C=O) groups is 4. The van der Waals surface area contributed by atoms with Crippen molar-refractivity contribution in [1.29, 1.82) is 10.5 Å². The molecule has 0 radical (unpaired) electrons. The molecule has 0 atom stereocenters. The number of azo groups is 2. The number of amides is 4. The highest BCUT2D eigenvalue weighted by Gasteiger charge is 2.28. The summed E-state index contributed by atoms with van der Waals surface area (Å²) in [5.74, 6) is -2.72. The van der Waals surface area contributed by atoms with Crippen LogP contribution in [0.5, 0.6) is 11.8 Å². The largest absolute Gasteiger partial charge is 0.493 e. The maximum atomic E-state index is 14.5. The second kappa shape index (κ2) is 35.1. The Morgan fingerprint density at radius 3 is 0.989 bits per heavy atom. The number of hydrogen-bond acceptors (Lipinski definition) is 14. The molecular formula is C68H90N12O8. The molecule has 2 aromatic heterocycles. The molecule has 0 saturated carbocycles. The molecule has 0 unspecified atom stereocenters. The highest BCUT2D eigenvalue weighted by Crippen LogP contribution is 2.38. The van der Waals surface area contributed by atoms with Crippen LogP contribution in [0.1, 0.15) is 222 Å². The van der Waals surface area contributed by atoms with E-state index >= 15 is 0 Å². The lowest BCUT2D eigenvalue weighted by Crippen LogP contribution is -2.34. The normalized spacial score (nSPS) is 11.3. The number of nitrogens with zero attached hydrogens (tertiary/aromatic N) is 12. The van der Waals surface area contributed by atoms with E-state index in [1.165, 1.54) is 50.2 Å². The Bertz CT molecular complexity index is 3260. The number of nitriles is 2. The van der Waals surface area contributed by atoms with Crippen molar-refractivity contribution >= 4 is 46.4 Å². The predicted octanol–water partition coefficient (Wildman–Crippen LogP) is 14.8. The molecule has 0 aliphatic rings. The molecule has 0 spiro atoms. The third-order valence-corrected chi connectivity index (χ3v) is 15.6. The van der Waals surface area contributed by atoms with E-state index in [1.54, 1.807) is 43.9 Å². The number of pyridine rings is 2. The van der Waals surface area contributed by atoms with Gasteiger partial charge in [0.15, 0.2) is 11.4 Å². The number of benzene rings is 3. The Hall–Kier alpha value is -8.78. The summed E-state index contributed by atoms with van der Waals surface area (Å²) < 4.78 is 1.58. The molecular weight excluding hydrogens is 1110 g/mol. The first kappa shape index (κ1) is 70.0. The lowest BCUT2D eigenvalue weighted by Gasteiger charge is -2.24. The summed E-state index contributed by atoms with van der Waals surface area (Å²) in [7, 11) is 0. The molecule has 3 aromatic carbocycles. The molecule has 20 nitrogen and oxygen atoms in total. The van der Waals surface area contributed by atoms with Crippen molar-refractivity contribution in [3.63, 3.8) is 0 Å². The zero-order valence-electron chi connectivity index (χ0n) is 53.5. The summed E-state index contributed by atoms with van der Waals surface area (Å²) in [5, 5.41) is 63.4. The van der Waals surface area contributed by atoms with Crippen molar-refractivity contribution in [3.8, 4) is 35.3 Å². The highest BCUT2D eigenvalue weighted by atomic mass is 16.3. The SMILES string of the molecule is CCCCN(CCCC)C(=O)c1ccc(C(=O)N(CCCC)CCCC)c(/N=N/c2c(C)c(C#N)c(=O)n(-c3cccc(-n4c(O)c(/N=N/c5cc(C(=O)N(CCCC)CCCC)ccc5C(=O)N(CCCC)CCCC)c(C)c(C#N)c4=O)c3)c2O)c1. The Labute approximate surface area is 518 Å². The molecule has 0 aliphatic heterocycles. The van der Waals surface area contributed by atoms with Crippen LogP contribution in [-0.4, -0.2) is 115 Å². The third kappa shape index (κ3) is 17.3. The molecule has 470 valence electrons. The minimum absolute atomic E-state index is 0.0220. The molecule has 5 aromatic rings. The van der Waals surface area contributed by atoms with Gasteiger partial charge < -0.3 is 29.8 Å². The first-order chi connectivity index (χ1) is 42.5. The maximum absolute atomic E-state index is 14.5. The van der Waals surface area contributed by atoms with Gasteiger partial charge in [0.05, 0.1) is 33.9 Å². The zero-order valence-corrected chi connectivity index (χ0v) is 53.5. The smallest absolute Gasteiger partial charge is 0.276 e. The Kier molecular flexibility index (Phi) is 27.9. The van der Waals surface area contributed by atoms with Gasteiger partial charge in [-0.3, -0.25) is 28.8 Å². The standard InChI is InChI=1S/C68H90N12O8/c1-11-19-34-75(35-20-12-2)61(81)49-30-32-53(63(83)77(38-23-15-5)39-24-16-6)57(42-49)71-73-59-47(9)55(45-69)65(85)79(67(59)87)51-28-27-29-52(44-51)80-66(86)56(46-70)48(10)60(68(80)88)74-72-58-43-50(62(82)76(36-21-13-3)37-22-14-4)31-33-54(58)64(84)78(40-25-17-7)41-26-18-8/h27-33,42-44,87-88H,11-26,34-41H2,1-10H3/b73-71+,74-72+. The van der Waals surface area contributed by atoms with Gasteiger partial charge in [-0.2, -0.15) is 10.5 Å². The lowest BCUT2D eigenvalue weighted by atomic mass is 10.1. The molecule has 2 N–H and O–H groups in total. The fourth-order valence-corrected chi connectivity index (χ4v) is 10.1. The van der Waals surface area contributed by atoms with Gasteiger partial charge in [0, 0.05) is 74.6 Å². The minimum Gasteiger partial charge on any atom is -0.493 e. The number of rotatable bonds is 34. The summed E-state index contributed by atoms with van der Waals surface area (Å²) in [6.07, 6.45) is 13.0. The van der Waals surface area contributed by atoms with E-state index in [-0.39, 0.29) is 91.1 Å². The van der Waals surface area contributed by atoms with Crippen molar-refractivity contribution in [1.82, 2.24) is 28.7 Å². The van der Waals surface area contributed by atoms with Crippen LogP contribution in [0, 0.1) is 36.5 Å². The summed E-state index contributed by atoms with van der Waals surface area (Å²) in [5.41, 5.74) is -2.85. The van der Waals surface area contributed by atoms with Gasteiger partial charge in [-0.25, -0.2) is 9.13 Å². The molecule has 20 heteroatoms. The van der Waals surface area contributed by atoms with Gasteiger partial charge in [0.1, 0.15) is 23.3 Å².